The van der Waals surface area contributed by atoms with Crippen LogP contribution in [0.15, 0.2) is 28.7 Å². The number of anilines is 1. The molecule has 0 aliphatic carbocycles. The molecule has 0 aliphatic rings. The Hall–Kier alpha value is -3.10. The molecule has 1 aromatic carbocycles. The fourth-order valence-electron chi connectivity index (χ4n) is 2.37. The number of hydrogen-bond donors (Lipinski definition) is 0. The van der Waals surface area contributed by atoms with Crippen molar-refractivity contribution in [2.24, 2.45) is 0 Å². The van der Waals surface area contributed by atoms with Crippen molar-refractivity contribution in [3.63, 3.8) is 0 Å². The number of nitrogens with zero attached hydrogens (tertiary/aromatic N) is 2. The van der Waals surface area contributed by atoms with Gasteiger partial charge in [0.25, 0.3) is 0 Å². The van der Waals surface area contributed by atoms with E-state index in [9.17, 15) is 14.4 Å². The first-order valence-electron chi connectivity index (χ1n) is 8.77. The number of ether oxygens (including phenoxy) is 3. The van der Waals surface area contributed by atoms with E-state index in [0.717, 1.165) is 4.90 Å². The number of carbonyl (C=O) groups is 3. The number of methoxy groups -OCH3 is 1. The van der Waals surface area contributed by atoms with Crippen LogP contribution in [0.4, 0.5) is 10.8 Å². The number of carbonyl (C=O) groups excluding carboxylic acids is 3. The third kappa shape index (κ3) is 5.21. The summed E-state index contributed by atoms with van der Waals surface area (Å²) in [5.74, 6) is -1.51. The zero-order chi connectivity index (χ0) is 20.9. The minimum Gasteiger partial charge on any atom is -0.469 e. The predicted octanol–water partition coefficient (Wildman–Crippen LogP) is 3.06. The quantitative estimate of drug-likeness (QED) is 0.545. The Morgan fingerprint density at radius 1 is 1.21 bits per heavy atom. The molecule has 0 saturated carbocycles. The van der Waals surface area contributed by atoms with E-state index in [4.69, 9.17) is 13.9 Å². The number of para-hydroxylation sites is 2. The molecule has 0 aliphatic heterocycles. The highest BCUT2D eigenvalue weighted by Gasteiger charge is 2.40. The first-order chi connectivity index (χ1) is 13.2. The molecule has 0 saturated heterocycles. The molecule has 1 heterocycles. The molecule has 0 radical (unpaired) electrons. The van der Waals surface area contributed by atoms with Crippen LogP contribution < -0.4 is 4.90 Å². The van der Waals surface area contributed by atoms with Crippen molar-refractivity contribution in [1.29, 1.82) is 0 Å². The van der Waals surface area contributed by atoms with Crippen molar-refractivity contribution in [2.75, 3.05) is 18.6 Å². The molecule has 0 fully saturated rings. The lowest BCUT2D eigenvalue weighted by Gasteiger charge is -2.29. The van der Waals surface area contributed by atoms with E-state index in [1.54, 1.807) is 52.0 Å². The second-order valence-electron chi connectivity index (χ2n) is 6.86. The molecule has 0 bridgehead atoms. The number of aromatic nitrogens is 1. The highest BCUT2D eigenvalue weighted by Crippen LogP contribution is 2.27. The molecular formula is C19H24N2O7. The largest absolute Gasteiger partial charge is 0.469 e. The van der Waals surface area contributed by atoms with Crippen LogP contribution in [0.5, 0.6) is 0 Å². The van der Waals surface area contributed by atoms with Crippen LogP contribution in [0.25, 0.3) is 11.1 Å². The number of hydrogen-bond acceptors (Lipinski definition) is 8. The summed E-state index contributed by atoms with van der Waals surface area (Å²) >= 11 is 0. The van der Waals surface area contributed by atoms with Gasteiger partial charge in [-0.2, -0.15) is 4.98 Å². The maximum absolute atomic E-state index is 12.9. The van der Waals surface area contributed by atoms with E-state index in [1.807, 2.05) is 0 Å². The molecule has 1 aromatic heterocycles. The number of oxazole rings is 1. The Kier molecular flexibility index (Phi) is 6.61. The molecule has 28 heavy (non-hydrogen) atoms. The normalized spacial score (nSPS) is 12.3. The molecule has 1 amide bonds. The van der Waals surface area contributed by atoms with Gasteiger partial charge >= 0.3 is 24.0 Å². The van der Waals surface area contributed by atoms with Gasteiger partial charge in [0.05, 0.1) is 20.1 Å². The summed E-state index contributed by atoms with van der Waals surface area (Å²) in [6.45, 7) is 6.70. The smallest absolute Gasteiger partial charge is 0.419 e. The second kappa shape index (κ2) is 8.73. The fraction of sp³-hybridized carbons (Fsp3) is 0.474. The van der Waals surface area contributed by atoms with E-state index in [0.29, 0.717) is 11.1 Å². The molecule has 9 heteroatoms. The molecule has 2 aromatic rings. The molecular weight excluding hydrogens is 368 g/mol. The number of benzene rings is 1. The minimum atomic E-state index is -1.37. The lowest BCUT2D eigenvalue weighted by molar-refractivity contribution is -0.150. The topological polar surface area (TPSA) is 108 Å². The van der Waals surface area contributed by atoms with Gasteiger partial charge < -0.3 is 18.6 Å². The third-order valence-corrected chi connectivity index (χ3v) is 3.54. The molecule has 9 nitrogen and oxygen atoms in total. The van der Waals surface area contributed by atoms with E-state index in [1.165, 1.54) is 7.11 Å². The second-order valence-corrected chi connectivity index (χ2v) is 6.86. The van der Waals surface area contributed by atoms with Gasteiger partial charge in [0.1, 0.15) is 11.1 Å². The van der Waals surface area contributed by atoms with Crippen molar-refractivity contribution >= 4 is 35.1 Å². The summed E-state index contributed by atoms with van der Waals surface area (Å²) in [5.41, 5.74) is 0.0321. The summed E-state index contributed by atoms with van der Waals surface area (Å²) in [7, 11) is 1.18. The molecule has 2 rings (SSSR count). The van der Waals surface area contributed by atoms with Crippen LogP contribution in [-0.2, 0) is 23.8 Å². The van der Waals surface area contributed by atoms with Crippen molar-refractivity contribution in [2.45, 2.75) is 45.8 Å². The number of fused-ring (bicyclic) bond motifs is 1. The van der Waals surface area contributed by atoms with Crippen LogP contribution in [0.2, 0.25) is 0 Å². The molecule has 0 spiro atoms. The van der Waals surface area contributed by atoms with Crippen molar-refractivity contribution in [1.82, 2.24) is 4.98 Å². The van der Waals surface area contributed by atoms with E-state index < -0.39 is 36.1 Å². The van der Waals surface area contributed by atoms with Crippen LogP contribution in [0, 0.1) is 0 Å². The zero-order valence-corrected chi connectivity index (χ0v) is 16.6. The summed E-state index contributed by atoms with van der Waals surface area (Å²) in [6.07, 6.45) is -1.35. The SMILES string of the molecule is CCOC(=O)C(CC(=O)OC)N(C(=O)OC(C)(C)C)c1nc2ccccc2o1. The van der Waals surface area contributed by atoms with Crippen molar-refractivity contribution in [3.05, 3.63) is 24.3 Å². The Morgan fingerprint density at radius 3 is 2.46 bits per heavy atom. The standard InChI is InChI=1S/C19H24N2O7/c1-6-26-16(23)13(11-15(22)25-5)21(18(24)28-19(2,3)4)17-20-12-9-7-8-10-14(12)27-17/h7-10,13H,6,11H2,1-5H3. The molecule has 1 unspecified atom stereocenters. The van der Waals surface area contributed by atoms with Gasteiger partial charge in [0.15, 0.2) is 11.6 Å². The third-order valence-electron chi connectivity index (χ3n) is 3.54. The van der Waals surface area contributed by atoms with Gasteiger partial charge in [-0.15, -0.1) is 0 Å². The number of rotatable bonds is 6. The van der Waals surface area contributed by atoms with Gasteiger partial charge in [0, 0.05) is 0 Å². The van der Waals surface area contributed by atoms with Crippen LogP contribution in [-0.4, -0.2) is 48.4 Å². The average Bonchev–Trinajstić information content (AvgIpc) is 3.03. The van der Waals surface area contributed by atoms with E-state index >= 15 is 0 Å². The average molecular weight is 392 g/mol. The van der Waals surface area contributed by atoms with Crippen LogP contribution in [0.1, 0.15) is 34.1 Å². The van der Waals surface area contributed by atoms with Gasteiger partial charge in [0.2, 0.25) is 0 Å². The maximum Gasteiger partial charge on any atom is 0.419 e. The van der Waals surface area contributed by atoms with E-state index in [2.05, 4.69) is 9.72 Å². The van der Waals surface area contributed by atoms with Crippen molar-refractivity contribution in [3.8, 4) is 0 Å². The maximum atomic E-state index is 12.9. The summed E-state index contributed by atoms with van der Waals surface area (Å²) in [4.78, 5) is 42.5. The fourth-order valence-corrected chi connectivity index (χ4v) is 2.37. The van der Waals surface area contributed by atoms with Gasteiger partial charge in [-0.25, -0.2) is 14.5 Å². The lowest BCUT2D eigenvalue weighted by Crippen LogP contribution is -2.49. The highest BCUT2D eigenvalue weighted by atomic mass is 16.6. The van der Waals surface area contributed by atoms with Crippen LogP contribution >= 0.6 is 0 Å². The van der Waals surface area contributed by atoms with Gasteiger partial charge in [-0.1, -0.05) is 12.1 Å². The lowest BCUT2D eigenvalue weighted by atomic mass is 10.2. The Morgan fingerprint density at radius 2 is 1.89 bits per heavy atom. The molecule has 152 valence electrons. The van der Waals surface area contributed by atoms with E-state index in [-0.39, 0.29) is 12.6 Å². The van der Waals surface area contributed by atoms with Gasteiger partial charge in [-0.05, 0) is 39.8 Å². The monoisotopic (exact) mass is 392 g/mol. The molecule has 0 N–H and O–H groups in total. The van der Waals surface area contributed by atoms with Crippen LogP contribution in [0.3, 0.4) is 0 Å². The minimum absolute atomic E-state index is 0.0617. The number of esters is 2. The Labute approximate surface area is 162 Å². The first-order valence-corrected chi connectivity index (χ1v) is 8.77. The predicted molar refractivity (Wildman–Crippen MR) is 99.8 cm³/mol. The highest BCUT2D eigenvalue weighted by molar-refractivity contribution is 5.97. The zero-order valence-electron chi connectivity index (χ0n) is 16.6. The molecule has 1 atom stereocenters. The Balaban J connectivity index is 2.53. The number of amides is 1. The summed E-state index contributed by atoms with van der Waals surface area (Å²) in [6, 6.07) is 5.30. The van der Waals surface area contributed by atoms with Gasteiger partial charge in [-0.3, -0.25) is 4.79 Å². The van der Waals surface area contributed by atoms with Crippen molar-refractivity contribution < 1.29 is 33.0 Å². The first kappa shape index (κ1) is 21.2. The Bertz CT molecular complexity index is 820. The summed E-state index contributed by atoms with van der Waals surface area (Å²) < 4.78 is 20.7. The summed E-state index contributed by atoms with van der Waals surface area (Å²) in [5, 5.41) is 0.